The van der Waals surface area contributed by atoms with Gasteiger partial charge in [-0.1, -0.05) is 18.2 Å². The van der Waals surface area contributed by atoms with E-state index in [1.54, 1.807) is 24.3 Å². The van der Waals surface area contributed by atoms with E-state index >= 15 is 0 Å². The van der Waals surface area contributed by atoms with Gasteiger partial charge in [0.1, 0.15) is 5.75 Å². The van der Waals surface area contributed by atoms with Gasteiger partial charge >= 0.3 is 5.97 Å². The van der Waals surface area contributed by atoms with Gasteiger partial charge in [0.15, 0.2) is 0 Å². The maximum Gasteiger partial charge on any atom is 0.343 e. The predicted octanol–water partition coefficient (Wildman–Crippen LogP) is 4.24. The number of nitrogens with one attached hydrogen (secondary N) is 1. The normalized spacial score (nSPS) is 11.0. The Labute approximate surface area is 132 Å². The summed E-state index contributed by atoms with van der Waals surface area (Å²) < 4.78 is 5.37. The van der Waals surface area contributed by atoms with Crippen molar-refractivity contribution < 1.29 is 9.53 Å². The second-order valence-corrected chi connectivity index (χ2v) is 5.44. The monoisotopic (exact) mass is 302 g/mol. The molecule has 4 rings (SSSR count). The number of aryl methyl sites for hydroxylation is 1. The van der Waals surface area contributed by atoms with Crippen LogP contribution < -0.4 is 4.74 Å². The molecule has 2 aromatic heterocycles. The van der Waals surface area contributed by atoms with E-state index in [0.717, 1.165) is 27.6 Å². The van der Waals surface area contributed by atoms with E-state index in [4.69, 9.17) is 4.74 Å². The van der Waals surface area contributed by atoms with Crippen molar-refractivity contribution in [3.63, 3.8) is 0 Å². The smallest absolute Gasteiger partial charge is 0.343 e. The summed E-state index contributed by atoms with van der Waals surface area (Å²) in [5, 5.41) is 1.000. The molecule has 2 heterocycles. The van der Waals surface area contributed by atoms with Gasteiger partial charge in [-0.2, -0.15) is 0 Å². The lowest BCUT2D eigenvalue weighted by atomic mass is 10.1. The van der Waals surface area contributed by atoms with Gasteiger partial charge in [-0.25, -0.2) is 4.79 Å². The van der Waals surface area contributed by atoms with Crippen LogP contribution in [0.5, 0.6) is 5.75 Å². The summed E-state index contributed by atoms with van der Waals surface area (Å²) in [5.74, 6) is 0.160. The van der Waals surface area contributed by atoms with Crippen LogP contribution in [0.1, 0.15) is 16.1 Å². The van der Waals surface area contributed by atoms with Gasteiger partial charge in [-0.15, -0.1) is 0 Å². The number of aromatic amines is 1. The molecule has 0 spiro atoms. The number of fused-ring (bicyclic) bond motifs is 3. The second-order valence-electron chi connectivity index (χ2n) is 5.44. The minimum Gasteiger partial charge on any atom is -0.423 e. The van der Waals surface area contributed by atoms with E-state index in [0.29, 0.717) is 11.3 Å². The Balaban J connectivity index is 1.74. The third-order valence-electron chi connectivity index (χ3n) is 3.77. The second kappa shape index (κ2) is 5.25. The Kier molecular flexibility index (Phi) is 3.08. The first kappa shape index (κ1) is 13.5. The Morgan fingerprint density at radius 3 is 2.65 bits per heavy atom. The molecule has 0 fully saturated rings. The number of esters is 1. The molecule has 4 heteroatoms. The number of carbonyl (C=O) groups excluding carboxylic acids is 1. The molecule has 0 atom stereocenters. The van der Waals surface area contributed by atoms with Crippen molar-refractivity contribution in [2.45, 2.75) is 6.92 Å². The molecule has 0 amide bonds. The van der Waals surface area contributed by atoms with Crippen LogP contribution in [0.2, 0.25) is 0 Å². The van der Waals surface area contributed by atoms with Crippen molar-refractivity contribution in [1.82, 2.24) is 9.97 Å². The molecule has 1 N–H and O–H groups in total. The summed E-state index contributed by atoms with van der Waals surface area (Å²) in [7, 11) is 0. The average molecular weight is 302 g/mol. The van der Waals surface area contributed by atoms with Crippen molar-refractivity contribution in [3.8, 4) is 5.75 Å². The molecule has 2 aromatic carbocycles. The highest BCUT2D eigenvalue weighted by Crippen LogP contribution is 2.25. The number of nitrogens with zero attached hydrogens (tertiary/aromatic N) is 1. The fourth-order valence-electron chi connectivity index (χ4n) is 2.64. The molecule has 0 unspecified atom stereocenters. The molecule has 23 heavy (non-hydrogen) atoms. The molecule has 0 aliphatic carbocycles. The molecule has 112 valence electrons. The number of para-hydroxylation sites is 1. The van der Waals surface area contributed by atoms with E-state index in [2.05, 4.69) is 9.97 Å². The van der Waals surface area contributed by atoms with Crippen molar-refractivity contribution in [2.24, 2.45) is 0 Å². The Morgan fingerprint density at radius 2 is 1.83 bits per heavy atom. The first-order chi connectivity index (χ1) is 11.2. The van der Waals surface area contributed by atoms with Gasteiger partial charge in [-0.05, 0) is 49.4 Å². The Hall–Kier alpha value is -3.14. The third kappa shape index (κ3) is 2.44. The number of H-pyrrole nitrogens is 1. The summed E-state index contributed by atoms with van der Waals surface area (Å²) in [6, 6.07) is 18.5. The van der Waals surface area contributed by atoms with Crippen LogP contribution in [0.3, 0.4) is 0 Å². The minimum absolute atomic E-state index is 0.374. The number of pyridine rings is 1. The van der Waals surface area contributed by atoms with Crippen LogP contribution in [-0.4, -0.2) is 15.9 Å². The lowest BCUT2D eigenvalue weighted by Crippen LogP contribution is -2.08. The average Bonchev–Trinajstić information content (AvgIpc) is 2.92. The number of aromatic nitrogens is 2. The maximum absolute atomic E-state index is 12.3. The van der Waals surface area contributed by atoms with Gasteiger partial charge in [0.25, 0.3) is 0 Å². The number of benzene rings is 2. The van der Waals surface area contributed by atoms with Gasteiger partial charge < -0.3 is 9.72 Å². The number of ether oxygens (including phenoxy) is 1. The first-order valence-corrected chi connectivity index (χ1v) is 7.37. The zero-order valence-corrected chi connectivity index (χ0v) is 12.5. The highest BCUT2D eigenvalue weighted by molar-refractivity contribution is 6.07. The fourth-order valence-corrected chi connectivity index (χ4v) is 2.64. The molecule has 0 saturated heterocycles. The van der Waals surface area contributed by atoms with Crippen LogP contribution in [0.15, 0.2) is 60.7 Å². The quantitative estimate of drug-likeness (QED) is 0.445. The molecule has 0 saturated carbocycles. The number of hydrogen-bond acceptors (Lipinski definition) is 3. The van der Waals surface area contributed by atoms with Crippen LogP contribution >= 0.6 is 0 Å². The lowest BCUT2D eigenvalue weighted by Gasteiger charge is -2.04. The molecule has 0 aliphatic rings. The standard InChI is InChI=1S/C19H14N2O2/c1-12-7-10-16-18(20-12)15-9-8-13(11-17(15)21-16)19(22)23-14-5-3-2-4-6-14/h2-11,21H,1H3. The highest BCUT2D eigenvalue weighted by atomic mass is 16.5. The minimum atomic E-state index is -0.374. The number of hydrogen-bond donors (Lipinski definition) is 1. The van der Waals surface area contributed by atoms with Gasteiger partial charge in [-0.3, -0.25) is 4.98 Å². The lowest BCUT2D eigenvalue weighted by molar-refractivity contribution is 0.0735. The van der Waals surface area contributed by atoms with E-state index in [9.17, 15) is 4.79 Å². The number of rotatable bonds is 2. The summed E-state index contributed by atoms with van der Waals surface area (Å²) in [6.45, 7) is 1.96. The van der Waals surface area contributed by atoms with Crippen LogP contribution in [0.25, 0.3) is 21.9 Å². The van der Waals surface area contributed by atoms with Gasteiger partial charge in [0.05, 0.1) is 16.6 Å². The van der Waals surface area contributed by atoms with E-state index < -0.39 is 0 Å². The van der Waals surface area contributed by atoms with Gasteiger partial charge in [0, 0.05) is 16.6 Å². The van der Waals surface area contributed by atoms with Crippen molar-refractivity contribution in [3.05, 3.63) is 71.9 Å². The summed E-state index contributed by atoms with van der Waals surface area (Å²) >= 11 is 0. The number of carbonyl (C=O) groups is 1. The highest BCUT2D eigenvalue weighted by Gasteiger charge is 2.12. The van der Waals surface area contributed by atoms with Crippen LogP contribution in [0.4, 0.5) is 0 Å². The maximum atomic E-state index is 12.3. The molecular formula is C19H14N2O2. The van der Waals surface area contributed by atoms with Crippen molar-refractivity contribution >= 4 is 27.9 Å². The fraction of sp³-hybridized carbons (Fsp3) is 0.0526. The van der Waals surface area contributed by atoms with Crippen molar-refractivity contribution in [2.75, 3.05) is 0 Å². The van der Waals surface area contributed by atoms with Crippen LogP contribution in [-0.2, 0) is 0 Å². The molecule has 0 bridgehead atoms. The molecule has 4 aromatic rings. The first-order valence-electron chi connectivity index (χ1n) is 7.37. The predicted molar refractivity (Wildman–Crippen MR) is 89.7 cm³/mol. The van der Waals surface area contributed by atoms with Gasteiger partial charge in [0.2, 0.25) is 0 Å². The topological polar surface area (TPSA) is 55.0 Å². The Bertz CT molecular complexity index is 1020. The van der Waals surface area contributed by atoms with Crippen molar-refractivity contribution in [1.29, 1.82) is 0 Å². The molecule has 4 nitrogen and oxygen atoms in total. The van der Waals surface area contributed by atoms with Crippen LogP contribution in [0, 0.1) is 6.92 Å². The molecule has 0 radical (unpaired) electrons. The summed E-state index contributed by atoms with van der Waals surface area (Å²) in [4.78, 5) is 20.1. The Morgan fingerprint density at radius 1 is 1.00 bits per heavy atom. The third-order valence-corrected chi connectivity index (χ3v) is 3.77. The molecular weight excluding hydrogens is 288 g/mol. The molecule has 0 aliphatic heterocycles. The summed E-state index contributed by atoms with van der Waals surface area (Å²) in [6.07, 6.45) is 0. The summed E-state index contributed by atoms with van der Waals surface area (Å²) in [5.41, 5.74) is 4.22. The SMILES string of the molecule is Cc1ccc2[nH]c3cc(C(=O)Oc4ccccc4)ccc3c2n1. The zero-order valence-electron chi connectivity index (χ0n) is 12.5. The van der Waals surface area contributed by atoms with E-state index in [-0.39, 0.29) is 5.97 Å². The zero-order chi connectivity index (χ0) is 15.8. The van der Waals surface area contributed by atoms with E-state index in [1.807, 2.05) is 43.3 Å². The largest absolute Gasteiger partial charge is 0.423 e. The van der Waals surface area contributed by atoms with E-state index in [1.165, 1.54) is 0 Å².